The van der Waals surface area contributed by atoms with Crippen LogP contribution in [-0.4, -0.2) is 63.1 Å². The van der Waals surface area contributed by atoms with Gasteiger partial charge in [-0.1, -0.05) is 36.4 Å². The summed E-state index contributed by atoms with van der Waals surface area (Å²) >= 11 is 0. The van der Waals surface area contributed by atoms with Crippen LogP contribution < -0.4 is 5.14 Å². The van der Waals surface area contributed by atoms with Crippen molar-refractivity contribution in [3.05, 3.63) is 54.2 Å². The Morgan fingerprint density at radius 1 is 1.13 bits per heavy atom. The van der Waals surface area contributed by atoms with Crippen LogP contribution in [0, 0.1) is 0 Å². The normalized spacial score (nSPS) is 24.8. The largest absolute Gasteiger partial charge is 0.387 e. The molecule has 1 fully saturated rings. The molecule has 0 aliphatic carbocycles. The van der Waals surface area contributed by atoms with Crippen LogP contribution in [0.2, 0.25) is 0 Å². The number of ether oxygens (including phenoxy) is 1. The van der Waals surface area contributed by atoms with Crippen molar-refractivity contribution in [3.8, 4) is 0 Å². The molecule has 4 atom stereocenters. The predicted molar refractivity (Wildman–Crippen MR) is 106 cm³/mol. The zero-order valence-electron chi connectivity index (χ0n) is 15.5. The van der Waals surface area contributed by atoms with Gasteiger partial charge in [-0.2, -0.15) is 8.42 Å². The highest BCUT2D eigenvalue weighted by molar-refractivity contribution is 7.84. The molecular formula is C18H19N5O6S. The number of benzene rings is 1. The number of aliphatic hydroxyl groups excluding tert-OH is 2. The Morgan fingerprint density at radius 3 is 2.63 bits per heavy atom. The van der Waals surface area contributed by atoms with E-state index in [2.05, 4.69) is 19.1 Å². The Balaban J connectivity index is 1.60. The van der Waals surface area contributed by atoms with Gasteiger partial charge in [0.25, 0.3) is 0 Å². The molecule has 4 N–H and O–H groups in total. The van der Waals surface area contributed by atoms with Gasteiger partial charge in [-0.3, -0.25) is 8.75 Å². The SMILES string of the molecule is NS(=O)(=O)OC[C@H]1O[C@@H](n2cnc3c(C=Cc4ccccc4)ncnc32)[C@H](O)[C@@H]1O. The first-order valence-electron chi connectivity index (χ1n) is 8.93. The van der Waals surface area contributed by atoms with Gasteiger partial charge in [0.05, 0.1) is 18.6 Å². The van der Waals surface area contributed by atoms with Crippen molar-refractivity contribution in [1.29, 1.82) is 0 Å². The lowest BCUT2D eigenvalue weighted by molar-refractivity contribution is -0.0467. The van der Waals surface area contributed by atoms with Gasteiger partial charge in [0.2, 0.25) is 0 Å². The van der Waals surface area contributed by atoms with Crippen molar-refractivity contribution in [1.82, 2.24) is 19.5 Å². The van der Waals surface area contributed by atoms with Gasteiger partial charge in [-0.05, 0) is 11.6 Å². The summed E-state index contributed by atoms with van der Waals surface area (Å²) in [5, 5.41) is 25.4. The molecule has 1 aliphatic rings. The van der Waals surface area contributed by atoms with Gasteiger partial charge >= 0.3 is 10.3 Å². The topological polar surface area (TPSA) is 163 Å². The van der Waals surface area contributed by atoms with E-state index in [1.54, 1.807) is 6.08 Å². The molecule has 30 heavy (non-hydrogen) atoms. The van der Waals surface area contributed by atoms with E-state index in [-0.39, 0.29) is 0 Å². The summed E-state index contributed by atoms with van der Waals surface area (Å²) in [5.41, 5.74) is 2.39. The molecule has 0 saturated carbocycles. The van der Waals surface area contributed by atoms with Crippen LogP contribution in [0.1, 0.15) is 17.5 Å². The van der Waals surface area contributed by atoms with Gasteiger partial charge in [-0.15, -0.1) is 0 Å². The summed E-state index contributed by atoms with van der Waals surface area (Å²) in [6.45, 7) is -0.541. The Labute approximate surface area is 171 Å². The Hall–Kier alpha value is -2.74. The Kier molecular flexibility index (Phi) is 5.60. The van der Waals surface area contributed by atoms with Crippen LogP contribution in [0.3, 0.4) is 0 Å². The molecule has 12 heteroatoms. The lowest BCUT2D eigenvalue weighted by Crippen LogP contribution is -2.35. The number of hydrogen-bond acceptors (Lipinski definition) is 9. The molecule has 0 spiro atoms. The molecule has 0 amide bonds. The number of nitrogens with two attached hydrogens (primary N) is 1. The van der Waals surface area contributed by atoms with E-state index in [1.165, 1.54) is 17.2 Å². The summed E-state index contributed by atoms with van der Waals surface area (Å²) in [7, 11) is -4.21. The zero-order chi connectivity index (χ0) is 21.3. The third kappa shape index (κ3) is 4.23. The summed E-state index contributed by atoms with van der Waals surface area (Å²) in [4.78, 5) is 12.8. The summed E-state index contributed by atoms with van der Waals surface area (Å²) in [6.07, 6.45) is 1.50. The molecule has 158 valence electrons. The number of aliphatic hydroxyl groups is 2. The zero-order valence-corrected chi connectivity index (χ0v) is 16.3. The number of hydrogen-bond donors (Lipinski definition) is 3. The van der Waals surface area contributed by atoms with Crippen LogP contribution in [0.15, 0.2) is 43.0 Å². The third-order valence-electron chi connectivity index (χ3n) is 4.63. The number of nitrogens with zero attached hydrogens (tertiary/aromatic N) is 4. The minimum Gasteiger partial charge on any atom is -0.387 e. The van der Waals surface area contributed by atoms with Crippen LogP contribution in [0.4, 0.5) is 0 Å². The molecule has 4 rings (SSSR count). The smallest absolute Gasteiger partial charge is 0.333 e. The number of rotatable bonds is 6. The average molecular weight is 433 g/mol. The van der Waals surface area contributed by atoms with Crippen molar-refractivity contribution in [2.24, 2.45) is 5.14 Å². The molecule has 0 radical (unpaired) electrons. The van der Waals surface area contributed by atoms with E-state index >= 15 is 0 Å². The van der Waals surface area contributed by atoms with Crippen molar-refractivity contribution in [2.45, 2.75) is 24.5 Å². The van der Waals surface area contributed by atoms with E-state index in [4.69, 9.17) is 9.88 Å². The van der Waals surface area contributed by atoms with Gasteiger partial charge in [0.1, 0.15) is 30.2 Å². The first-order valence-corrected chi connectivity index (χ1v) is 10.4. The highest BCUT2D eigenvalue weighted by Gasteiger charge is 2.44. The number of fused-ring (bicyclic) bond motifs is 1. The van der Waals surface area contributed by atoms with Crippen LogP contribution in [0.25, 0.3) is 23.3 Å². The monoisotopic (exact) mass is 433 g/mol. The quantitative estimate of drug-likeness (QED) is 0.479. The molecule has 1 saturated heterocycles. The van der Waals surface area contributed by atoms with E-state index in [0.29, 0.717) is 16.9 Å². The first kappa shape index (κ1) is 20.5. The average Bonchev–Trinajstić information content (AvgIpc) is 3.27. The van der Waals surface area contributed by atoms with Crippen LogP contribution in [0.5, 0.6) is 0 Å². The van der Waals surface area contributed by atoms with Crippen molar-refractivity contribution in [3.63, 3.8) is 0 Å². The van der Waals surface area contributed by atoms with Gasteiger partial charge < -0.3 is 14.9 Å². The van der Waals surface area contributed by atoms with Gasteiger partial charge in [0.15, 0.2) is 11.9 Å². The van der Waals surface area contributed by atoms with E-state index in [9.17, 15) is 18.6 Å². The molecule has 0 unspecified atom stereocenters. The van der Waals surface area contributed by atoms with Crippen LogP contribution in [-0.2, 0) is 19.2 Å². The first-order chi connectivity index (χ1) is 14.3. The fourth-order valence-electron chi connectivity index (χ4n) is 3.18. The lowest BCUT2D eigenvalue weighted by Gasteiger charge is -2.16. The molecule has 1 aromatic carbocycles. The highest BCUT2D eigenvalue weighted by Crippen LogP contribution is 2.32. The number of imidazole rings is 1. The van der Waals surface area contributed by atoms with Crippen LogP contribution >= 0.6 is 0 Å². The predicted octanol–water partition coefficient (Wildman–Crippen LogP) is -0.164. The van der Waals surface area contributed by atoms with Crippen molar-refractivity contribution in [2.75, 3.05) is 6.61 Å². The summed E-state index contributed by atoms with van der Waals surface area (Å²) < 4.78 is 33.5. The van der Waals surface area contributed by atoms with E-state index in [1.807, 2.05) is 36.4 Å². The summed E-state index contributed by atoms with van der Waals surface area (Å²) in [5.74, 6) is 0. The van der Waals surface area contributed by atoms with Gasteiger partial charge in [-0.25, -0.2) is 20.1 Å². The molecule has 11 nitrogen and oxygen atoms in total. The second-order valence-corrected chi connectivity index (χ2v) is 7.87. The Bertz CT molecular complexity index is 1170. The highest BCUT2D eigenvalue weighted by atomic mass is 32.2. The molecular weight excluding hydrogens is 414 g/mol. The maximum atomic E-state index is 11.0. The van der Waals surface area contributed by atoms with E-state index in [0.717, 1.165) is 5.56 Å². The van der Waals surface area contributed by atoms with Crippen molar-refractivity contribution < 1.29 is 27.6 Å². The second kappa shape index (κ2) is 8.18. The van der Waals surface area contributed by atoms with E-state index < -0.39 is 41.5 Å². The summed E-state index contributed by atoms with van der Waals surface area (Å²) in [6, 6.07) is 9.65. The number of aromatic nitrogens is 4. The molecule has 2 aromatic heterocycles. The fourth-order valence-corrected chi connectivity index (χ4v) is 3.50. The fraction of sp³-hybridized carbons (Fsp3) is 0.278. The second-order valence-electron chi connectivity index (χ2n) is 6.65. The Morgan fingerprint density at radius 2 is 1.90 bits per heavy atom. The third-order valence-corrected chi connectivity index (χ3v) is 5.09. The molecule has 1 aliphatic heterocycles. The minimum atomic E-state index is -4.21. The maximum Gasteiger partial charge on any atom is 0.333 e. The molecule has 3 aromatic rings. The minimum absolute atomic E-state index is 0.377. The van der Waals surface area contributed by atoms with Gasteiger partial charge in [0, 0.05) is 0 Å². The standard InChI is InChI=1S/C18H19N5O6S/c19-30(26,27)28-8-13-15(24)16(25)18(29-13)23-10-22-14-12(20-9-21-17(14)23)7-6-11-4-2-1-3-5-11/h1-7,9-10,13,15-16,18,24-25H,8H2,(H2,19,26,27)/t13-,15-,16-,18-/m1/s1. The molecule has 0 bridgehead atoms. The lowest BCUT2D eigenvalue weighted by atomic mass is 10.1. The molecule has 3 heterocycles. The van der Waals surface area contributed by atoms with Crippen molar-refractivity contribution >= 4 is 33.6 Å². The maximum absolute atomic E-state index is 11.0.